The van der Waals surface area contributed by atoms with Crippen LogP contribution in [0.2, 0.25) is 0 Å². The molecule has 0 radical (unpaired) electrons. The molecule has 1 atom stereocenters. The number of esters is 1. The molecular formula is C27H42N4O5S. The molecule has 37 heavy (non-hydrogen) atoms. The van der Waals surface area contributed by atoms with Crippen molar-refractivity contribution in [3.8, 4) is 5.75 Å². The van der Waals surface area contributed by atoms with Gasteiger partial charge in [0, 0.05) is 19.0 Å². The number of hydrogen-bond acceptors (Lipinski definition) is 8. The SMILES string of the molecule is CCCCCCC(NCCCOc1ccc(SC(C)(C)C(=O)OCC)cc1)c1nn(C)c(=O)n(C)c1=O. The lowest BCUT2D eigenvalue weighted by Gasteiger charge is -2.21. The van der Waals surface area contributed by atoms with Gasteiger partial charge in [-0.1, -0.05) is 32.6 Å². The quantitative estimate of drug-likeness (QED) is 0.196. The minimum Gasteiger partial charge on any atom is -0.494 e. The molecule has 0 spiro atoms. The van der Waals surface area contributed by atoms with Gasteiger partial charge in [0.2, 0.25) is 0 Å². The van der Waals surface area contributed by atoms with Crippen LogP contribution in [0.5, 0.6) is 5.75 Å². The van der Waals surface area contributed by atoms with Crippen LogP contribution < -0.4 is 21.3 Å². The maximum Gasteiger partial charge on any atom is 0.346 e. The van der Waals surface area contributed by atoms with E-state index in [1.807, 2.05) is 38.1 Å². The molecule has 1 N–H and O–H groups in total. The van der Waals surface area contributed by atoms with Gasteiger partial charge in [-0.3, -0.25) is 14.2 Å². The lowest BCUT2D eigenvalue weighted by Crippen LogP contribution is -2.43. The van der Waals surface area contributed by atoms with Gasteiger partial charge in [0.05, 0.1) is 19.3 Å². The van der Waals surface area contributed by atoms with Crippen LogP contribution in [0.3, 0.4) is 0 Å². The summed E-state index contributed by atoms with van der Waals surface area (Å²) in [7, 11) is 3.05. The Hall–Kier alpha value is -2.59. The van der Waals surface area contributed by atoms with Gasteiger partial charge in [-0.15, -0.1) is 11.8 Å². The van der Waals surface area contributed by atoms with Crippen molar-refractivity contribution in [2.24, 2.45) is 14.1 Å². The molecule has 1 aromatic carbocycles. The number of nitrogens with zero attached hydrogens (tertiary/aromatic N) is 3. The Kier molecular flexibility index (Phi) is 12.4. The lowest BCUT2D eigenvalue weighted by molar-refractivity contribution is -0.145. The molecule has 9 nitrogen and oxygen atoms in total. The van der Waals surface area contributed by atoms with Crippen LogP contribution in [0.4, 0.5) is 0 Å². The average Bonchev–Trinajstić information content (AvgIpc) is 2.87. The van der Waals surface area contributed by atoms with Gasteiger partial charge < -0.3 is 14.8 Å². The Morgan fingerprint density at radius 1 is 1.08 bits per heavy atom. The van der Waals surface area contributed by atoms with Gasteiger partial charge in [0.25, 0.3) is 5.56 Å². The summed E-state index contributed by atoms with van der Waals surface area (Å²) in [6.45, 7) is 9.19. The van der Waals surface area contributed by atoms with E-state index in [4.69, 9.17) is 9.47 Å². The topological polar surface area (TPSA) is 104 Å². The summed E-state index contributed by atoms with van der Waals surface area (Å²) in [6, 6.07) is 7.44. The van der Waals surface area contributed by atoms with E-state index in [2.05, 4.69) is 17.3 Å². The number of carbonyl (C=O) groups excluding carboxylic acids is 1. The zero-order valence-corrected chi connectivity index (χ0v) is 23.9. The van der Waals surface area contributed by atoms with Crippen molar-refractivity contribution in [2.45, 2.75) is 81.9 Å². The highest BCUT2D eigenvalue weighted by Crippen LogP contribution is 2.34. The fraction of sp³-hybridized carbons (Fsp3) is 0.630. The van der Waals surface area contributed by atoms with E-state index in [1.54, 1.807) is 14.0 Å². The van der Waals surface area contributed by atoms with Crippen LogP contribution in [0.25, 0.3) is 0 Å². The van der Waals surface area contributed by atoms with Gasteiger partial charge in [0.1, 0.15) is 16.2 Å². The van der Waals surface area contributed by atoms with Crippen LogP contribution >= 0.6 is 11.8 Å². The first-order valence-corrected chi connectivity index (χ1v) is 13.9. The zero-order valence-electron chi connectivity index (χ0n) is 23.0. The Bertz CT molecular complexity index is 1110. The van der Waals surface area contributed by atoms with Gasteiger partial charge in [-0.25, -0.2) is 9.48 Å². The Balaban J connectivity index is 1.90. The molecule has 0 aliphatic rings. The van der Waals surface area contributed by atoms with Crippen LogP contribution in [0.1, 0.15) is 78.0 Å². The van der Waals surface area contributed by atoms with Crippen LogP contribution in [0, 0.1) is 0 Å². The molecule has 206 valence electrons. The predicted molar refractivity (Wildman–Crippen MR) is 147 cm³/mol. The van der Waals surface area contributed by atoms with Gasteiger partial charge in [-0.05, 0) is 64.4 Å². The number of hydrogen-bond donors (Lipinski definition) is 1. The highest BCUT2D eigenvalue weighted by atomic mass is 32.2. The minimum atomic E-state index is -0.669. The molecule has 0 bridgehead atoms. The van der Waals surface area contributed by atoms with Crippen molar-refractivity contribution in [2.75, 3.05) is 19.8 Å². The number of aryl methyl sites for hydroxylation is 1. The summed E-state index contributed by atoms with van der Waals surface area (Å²) in [5, 5.41) is 7.73. The number of aromatic nitrogens is 3. The Morgan fingerprint density at radius 3 is 2.43 bits per heavy atom. The zero-order chi connectivity index (χ0) is 27.4. The van der Waals surface area contributed by atoms with Crippen molar-refractivity contribution in [3.63, 3.8) is 0 Å². The first kappa shape index (κ1) is 30.6. The van der Waals surface area contributed by atoms with Crippen LogP contribution in [-0.4, -0.2) is 44.8 Å². The lowest BCUT2D eigenvalue weighted by atomic mass is 10.0. The third-order valence-electron chi connectivity index (χ3n) is 5.97. The number of benzene rings is 1. The largest absolute Gasteiger partial charge is 0.494 e. The van der Waals surface area contributed by atoms with E-state index in [9.17, 15) is 14.4 Å². The number of carbonyl (C=O) groups is 1. The molecule has 0 aliphatic carbocycles. The highest BCUT2D eigenvalue weighted by Gasteiger charge is 2.30. The minimum absolute atomic E-state index is 0.221. The summed E-state index contributed by atoms with van der Waals surface area (Å²) >= 11 is 1.45. The molecule has 0 fully saturated rings. The predicted octanol–water partition coefficient (Wildman–Crippen LogP) is 3.98. The summed E-state index contributed by atoms with van der Waals surface area (Å²) < 4.78 is 12.7. The molecule has 1 heterocycles. The third kappa shape index (κ3) is 9.34. The second kappa shape index (κ2) is 15.0. The maximum atomic E-state index is 12.7. The standard InChI is InChI=1S/C27H42N4O5S/c1-7-9-10-11-13-22(23-24(32)30(5)26(34)31(6)29-23)28-18-12-19-36-20-14-16-21(17-15-20)37-27(3,4)25(33)35-8-2/h14-17,22,28H,7-13,18-19H2,1-6H3. The number of nitrogens with one attached hydrogen (secondary N) is 1. The highest BCUT2D eigenvalue weighted by molar-refractivity contribution is 8.01. The summed E-state index contributed by atoms with van der Waals surface area (Å²) in [6.07, 6.45) is 5.88. The van der Waals surface area contributed by atoms with Crippen molar-refractivity contribution >= 4 is 17.7 Å². The summed E-state index contributed by atoms with van der Waals surface area (Å²) in [4.78, 5) is 37.9. The Labute approximate surface area is 223 Å². The van der Waals surface area contributed by atoms with Crippen molar-refractivity contribution in [3.05, 3.63) is 50.8 Å². The molecule has 0 saturated carbocycles. The molecule has 2 rings (SSSR count). The molecule has 10 heteroatoms. The summed E-state index contributed by atoms with van der Waals surface area (Å²) in [5.41, 5.74) is -0.405. The number of unbranched alkanes of at least 4 members (excludes halogenated alkanes) is 3. The second-order valence-corrected chi connectivity index (χ2v) is 11.2. The van der Waals surface area contributed by atoms with Crippen LogP contribution in [0.15, 0.2) is 38.8 Å². The average molecular weight is 535 g/mol. The fourth-order valence-corrected chi connectivity index (χ4v) is 4.84. The van der Waals surface area contributed by atoms with E-state index in [1.165, 1.54) is 23.5 Å². The normalized spacial score (nSPS) is 12.4. The van der Waals surface area contributed by atoms with Crippen molar-refractivity contribution < 1.29 is 14.3 Å². The smallest absolute Gasteiger partial charge is 0.346 e. The molecule has 1 unspecified atom stereocenters. The maximum absolute atomic E-state index is 12.7. The molecular weight excluding hydrogens is 492 g/mol. The molecule has 1 aromatic heterocycles. The van der Waals surface area contributed by atoms with Crippen molar-refractivity contribution in [1.82, 2.24) is 19.7 Å². The third-order valence-corrected chi connectivity index (χ3v) is 7.15. The number of thioether (sulfide) groups is 1. The summed E-state index contributed by atoms with van der Waals surface area (Å²) in [5.74, 6) is 0.519. The van der Waals surface area contributed by atoms with E-state index < -0.39 is 10.4 Å². The molecule has 2 aromatic rings. The van der Waals surface area contributed by atoms with Gasteiger partial charge in [0.15, 0.2) is 0 Å². The van der Waals surface area contributed by atoms with E-state index in [0.29, 0.717) is 25.5 Å². The Morgan fingerprint density at radius 2 is 1.78 bits per heavy atom. The van der Waals surface area contributed by atoms with Crippen molar-refractivity contribution in [1.29, 1.82) is 0 Å². The number of ether oxygens (including phenoxy) is 2. The fourth-order valence-electron chi connectivity index (χ4n) is 3.84. The van der Waals surface area contributed by atoms with E-state index in [0.717, 1.165) is 53.7 Å². The number of rotatable bonds is 16. The molecule has 0 saturated heterocycles. The molecule has 0 amide bonds. The van der Waals surface area contributed by atoms with E-state index >= 15 is 0 Å². The first-order chi connectivity index (χ1) is 17.6. The monoisotopic (exact) mass is 534 g/mol. The van der Waals surface area contributed by atoms with Gasteiger partial charge >= 0.3 is 11.7 Å². The molecule has 0 aliphatic heterocycles. The first-order valence-electron chi connectivity index (χ1n) is 13.1. The second-order valence-electron chi connectivity index (χ2n) is 9.52. The van der Waals surface area contributed by atoms with E-state index in [-0.39, 0.29) is 17.6 Å². The van der Waals surface area contributed by atoms with Crippen LogP contribution in [-0.2, 0) is 23.6 Å². The van der Waals surface area contributed by atoms with Gasteiger partial charge in [-0.2, -0.15) is 5.10 Å².